The molecule has 0 spiro atoms. The first kappa shape index (κ1) is 15.5. The van der Waals surface area contributed by atoms with Crippen LogP contribution in [0.4, 0.5) is 0 Å². The van der Waals surface area contributed by atoms with Gasteiger partial charge in [0.1, 0.15) is 0 Å². The summed E-state index contributed by atoms with van der Waals surface area (Å²) in [6, 6.07) is 10.5. The number of rotatable bonds is 5. The fourth-order valence-corrected chi connectivity index (χ4v) is 3.07. The molecule has 1 fully saturated rings. The van der Waals surface area contributed by atoms with Crippen molar-refractivity contribution in [2.24, 2.45) is 5.41 Å². The third-order valence-electron chi connectivity index (χ3n) is 4.33. The van der Waals surface area contributed by atoms with Crippen LogP contribution in [0.3, 0.4) is 0 Å². The van der Waals surface area contributed by atoms with Crippen molar-refractivity contribution in [2.45, 2.75) is 38.8 Å². The van der Waals surface area contributed by atoms with E-state index in [1.54, 1.807) is 0 Å². The van der Waals surface area contributed by atoms with Crippen molar-refractivity contribution in [3.8, 4) is 0 Å². The summed E-state index contributed by atoms with van der Waals surface area (Å²) in [5, 5.41) is 10.6. The van der Waals surface area contributed by atoms with Crippen molar-refractivity contribution < 1.29 is 9.84 Å². The lowest BCUT2D eigenvalue weighted by molar-refractivity contribution is -0.00718. The molecule has 1 saturated heterocycles. The fraction of sp³-hybridized carbons (Fsp3) is 0.647. The first-order valence-corrected chi connectivity index (χ1v) is 7.52. The highest BCUT2D eigenvalue weighted by Gasteiger charge is 2.32. The zero-order valence-corrected chi connectivity index (χ0v) is 12.9. The number of aliphatic hydroxyl groups excluding tert-OH is 1. The number of aliphatic hydroxyl groups is 1. The first-order chi connectivity index (χ1) is 9.50. The minimum absolute atomic E-state index is 0.172. The highest BCUT2D eigenvalue weighted by atomic mass is 16.5. The van der Waals surface area contributed by atoms with E-state index in [0.717, 1.165) is 38.2 Å². The lowest BCUT2D eigenvalue weighted by Crippen LogP contribution is -2.43. The van der Waals surface area contributed by atoms with E-state index in [4.69, 9.17) is 4.74 Å². The van der Waals surface area contributed by atoms with E-state index < -0.39 is 6.10 Å². The third kappa shape index (κ3) is 3.81. The molecule has 1 heterocycles. The molecular formula is C17H27NO2. The number of benzene rings is 1. The molecule has 0 aromatic heterocycles. The second kappa shape index (κ2) is 6.70. The molecule has 1 aliphatic heterocycles. The zero-order chi connectivity index (χ0) is 14.6. The van der Waals surface area contributed by atoms with Crippen molar-refractivity contribution >= 4 is 0 Å². The third-order valence-corrected chi connectivity index (χ3v) is 4.33. The first-order valence-electron chi connectivity index (χ1n) is 7.52. The lowest BCUT2D eigenvalue weighted by Gasteiger charge is -2.39. The molecule has 0 radical (unpaired) electrons. The smallest absolute Gasteiger partial charge is 0.0853 e. The Morgan fingerprint density at radius 1 is 1.25 bits per heavy atom. The number of hydrogen-bond donors (Lipinski definition) is 1. The number of hydrogen-bond acceptors (Lipinski definition) is 3. The van der Waals surface area contributed by atoms with Crippen LogP contribution in [-0.2, 0) is 4.74 Å². The Kier molecular flexibility index (Phi) is 5.19. The molecule has 112 valence electrons. The van der Waals surface area contributed by atoms with Gasteiger partial charge in [0.05, 0.1) is 6.10 Å². The molecule has 0 saturated carbocycles. The Bertz CT molecular complexity index is 399. The molecule has 1 aromatic carbocycles. The van der Waals surface area contributed by atoms with Crippen molar-refractivity contribution in [1.29, 1.82) is 0 Å². The van der Waals surface area contributed by atoms with E-state index in [-0.39, 0.29) is 5.41 Å². The Labute approximate surface area is 122 Å². The second-order valence-electron chi connectivity index (χ2n) is 6.56. The van der Waals surface area contributed by atoms with Gasteiger partial charge in [0.2, 0.25) is 0 Å². The SMILES string of the molecule is CN(CC(C)(C)C(O)c1ccccc1)C1CCOCC1. The van der Waals surface area contributed by atoms with Crippen molar-refractivity contribution in [3.05, 3.63) is 35.9 Å². The Morgan fingerprint density at radius 3 is 2.45 bits per heavy atom. The largest absolute Gasteiger partial charge is 0.388 e. The summed E-state index contributed by atoms with van der Waals surface area (Å²) in [4.78, 5) is 2.38. The standard InChI is InChI=1S/C17H27NO2/c1-17(2,16(19)14-7-5-4-6-8-14)13-18(3)15-9-11-20-12-10-15/h4-8,15-16,19H,9-13H2,1-3H3. The van der Waals surface area contributed by atoms with Gasteiger partial charge in [-0.05, 0) is 25.5 Å². The summed E-state index contributed by atoms with van der Waals surface area (Å²) in [6.07, 6.45) is 1.74. The number of nitrogens with zero attached hydrogens (tertiary/aromatic N) is 1. The zero-order valence-electron chi connectivity index (χ0n) is 12.9. The van der Waals surface area contributed by atoms with Crippen LogP contribution in [-0.4, -0.2) is 42.9 Å². The maximum atomic E-state index is 10.6. The molecule has 1 unspecified atom stereocenters. The average molecular weight is 277 g/mol. The van der Waals surface area contributed by atoms with E-state index >= 15 is 0 Å². The molecule has 3 nitrogen and oxygen atoms in total. The van der Waals surface area contributed by atoms with Gasteiger partial charge in [-0.15, -0.1) is 0 Å². The lowest BCUT2D eigenvalue weighted by atomic mass is 9.81. The van der Waals surface area contributed by atoms with Gasteiger partial charge in [-0.3, -0.25) is 0 Å². The summed E-state index contributed by atoms with van der Waals surface area (Å²) in [6.45, 7) is 6.88. The molecule has 0 aliphatic carbocycles. The van der Waals surface area contributed by atoms with E-state index in [0.29, 0.717) is 6.04 Å². The van der Waals surface area contributed by atoms with Crippen LogP contribution in [0.1, 0.15) is 38.4 Å². The van der Waals surface area contributed by atoms with Crippen molar-refractivity contribution in [2.75, 3.05) is 26.8 Å². The van der Waals surface area contributed by atoms with Crippen LogP contribution in [0.25, 0.3) is 0 Å². The topological polar surface area (TPSA) is 32.7 Å². The average Bonchev–Trinajstić information content (AvgIpc) is 2.48. The molecule has 2 rings (SSSR count). The van der Waals surface area contributed by atoms with Gasteiger partial charge >= 0.3 is 0 Å². The molecule has 1 atom stereocenters. The normalized spacial score (nSPS) is 19.2. The molecule has 0 bridgehead atoms. The van der Waals surface area contributed by atoms with E-state index in [9.17, 15) is 5.11 Å². The maximum Gasteiger partial charge on any atom is 0.0853 e. The van der Waals surface area contributed by atoms with Crippen molar-refractivity contribution in [3.63, 3.8) is 0 Å². The monoisotopic (exact) mass is 277 g/mol. The van der Waals surface area contributed by atoms with Gasteiger partial charge in [-0.25, -0.2) is 0 Å². The van der Waals surface area contributed by atoms with Crippen LogP contribution < -0.4 is 0 Å². The van der Waals surface area contributed by atoms with Gasteiger partial charge in [0.25, 0.3) is 0 Å². The number of ether oxygens (including phenoxy) is 1. The van der Waals surface area contributed by atoms with Crippen LogP contribution >= 0.6 is 0 Å². The van der Waals surface area contributed by atoms with Gasteiger partial charge in [-0.1, -0.05) is 44.2 Å². The van der Waals surface area contributed by atoms with Gasteiger partial charge < -0.3 is 14.7 Å². The van der Waals surface area contributed by atoms with E-state index in [1.807, 2.05) is 30.3 Å². The summed E-state index contributed by atoms with van der Waals surface area (Å²) in [5.41, 5.74) is 0.826. The van der Waals surface area contributed by atoms with E-state index in [2.05, 4.69) is 25.8 Å². The predicted molar refractivity (Wildman–Crippen MR) is 81.7 cm³/mol. The predicted octanol–water partition coefficient (Wildman–Crippen LogP) is 2.86. The fourth-order valence-electron chi connectivity index (χ4n) is 3.07. The molecule has 20 heavy (non-hydrogen) atoms. The summed E-state index contributed by atoms with van der Waals surface area (Å²) in [7, 11) is 2.16. The summed E-state index contributed by atoms with van der Waals surface area (Å²) in [5.74, 6) is 0. The van der Waals surface area contributed by atoms with Crippen LogP contribution in [0.2, 0.25) is 0 Å². The highest BCUT2D eigenvalue weighted by Crippen LogP contribution is 2.34. The maximum absolute atomic E-state index is 10.6. The molecule has 0 amide bonds. The summed E-state index contributed by atoms with van der Waals surface area (Å²) >= 11 is 0. The molecule has 3 heteroatoms. The minimum atomic E-state index is -0.439. The summed E-state index contributed by atoms with van der Waals surface area (Å²) < 4.78 is 5.42. The Hall–Kier alpha value is -0.900. The minimum Gasteiger partial charge on any atom is -0.388 e. The Balaban J connectivity index is 1.98. The molecule has 1 N–H and O–H groups in total. The van der Waals surface area contributed by atoms with Crippen LogP contribution in [0.5, 0.6) is 0 Å². The highest BCUT2D eigenvalue weighted by molar-refractivity contribution is 5.19. The molecule has 1 aliphatic rings. The van der Waals surface area contributed by atoms with Gasteiger partial charge in [-0.2, -0.15) is 0 Å². The molecule has 1 aromatic rings. The van der Waals surface area contributed by atoms with Gasteiger partial charge in [0, 0.05) is 31.2 Å². The van der Waals surface area contributed by atoms with Crippen molar-refractivity contribution in [1.82, 2.24) is 4.90 Å². The van der Waals surface area contributed by atoms with E-state index in [1.165, 1.54) is 0 Å². The van der Waals surface area contributed by atoms with Crippen LogP contribution in [0, 0.1) is 5.41 Å². The second-order valence-corrected chi connectivity index (χ2v) is 6.56. The Morgan fingerprint density at radius 2 is 1.85 bits per heavy atom. The van der Waals surface area contributed by atoms with Crippen LogP contribution in [0.15, 0.2) is 30.3 Å². The van der Waals surface area contributed by atoms with Gasteiger partial charge in [0.15, 0.2) is 0 Å². The molecular weight excluding hydrogens is 250 g/mol. The quantitative estimate of drug-likeness (QED) is 0.898.